The van der Waals surface area contributed by atoms with Crippen molar-refractivity contribution >= 4 is 11.6 Å². The molecule has 1 aromatic rings. The van der Waals surface area contributed by atoms with Gasteiger partial charge < -0.3 is 4.90 Å². The second-order valence-corrected chi connectivity index (χ2v) is 3.86. The largest absolute Gasteiger partial charge is 0.311 e. The van der Waals surface area contributed by atoms with E-state index in [1.54, 1.807) is 4.90 Å². The molecule has 70 valence electrons. The Labute approximate surface area is 82.8 Å². The van der Waals surface area contributed by atoms with Crippen molar-refractivity contribution in [2.75, 3.05) is 7.05 Å². The van der Waals surface area contributed by atoms with E-state index in [-0.39, 0.29) is 5.91 Å². The number of nitrogens with zero attached hydrogens (tertiary/aromatic N) is 1. The maximum absolute atomic E-state index is 11.8. The quantitative estimate of drug-likeness (QED) is 0.607. The van der Waals surface area contributed by atoms with Crippen molar-refractivity contribution in [2.45, 2.75) is 12.8 Å². The number of carbonyl (C=O) groups excluding carboxylic acids is 1. The molecule has 1 aliphatic heterocycles. The fourth-order valence-electron chi connectivity index (χ4n) is 2.07. The maximum atomic E-state index is 11.8. The van der Waals surface area contributed by atoms with Crippen LogP contribution in [0, 0.1) is 0 Å². The van der Waals surface area contributed by atoms with Crippen LogP contribution in [-0.2, 0) is 0 Å². The van der Waals surface area contributed by atoms with E-state index in [4.69, 9.17) is 0 Å². The third-order valence-corrected chi connectivity index (χ3v) is 2.89. The van der Waals surface area contributed by atoms with E-state index in [9.17, 15) is 4.79 Å². The molecule has 0 atom stereocenters. The van der Waals surface area contributed by atoms with Crippen LogP contribution in [-0.4, -0.2) is 17.9 Å². The molecular weight excluding hydrogens is 174 g/mol. The fourth-order valence-corrected chi connectivity index (χ4v) is 2.07. The zero-order valence-electron chi connectivity index (χ0n) is 8.08. The van der Waals surface area contributed by atoms with E-state index in [1.165, 1.54) is 5.57 Å². The third kappa shape index (κ3) is 0.882. The van der Waals surface area contributed by atoms with Crippen molar-refractivity contribution < 1.29 is 4.79 Å². The van der Waals surface area contributed by atoms with E-state index in [2.05, 4.69) is 0 Å². The summed E-state index contributed by atoms with van der Waals surface area (Å²) in [6, 6.07) is 7.86. The summed E-state index contributed by atoms with van der Waals surface area (Å²) in [4.78, 5) is 13.6. The molecule has 1 aliphatic carbocycles. The first-order chi connectivity index (χ1) is 6.79. The molecule has 14 heavy (non-hydrogen) atoms. The van der Waals surface area contributed by atoms with Gasteiger partial charge in [0.1, 0.15) is 0 Å². The Hall–Kier alpha value is -1.57. The zero-order chi connectivity index (χ0) is 9.71. The van der Waals surface area contributed by atoms with Gasteiger partial charge in [0.2, 0.25) is 0 Å². The molecule has 2 aliphatic rings. The molecule has 2 heteroatoms. The summed E-state index contributed by atoms with van der Waals surface area (Å²) in [5.74, 6) is 0.134. The number of fused-ring (bicyclic) bond motifs is 1. The highest BCUT2D eigenvalue weighted by molar-refractivity contribution is 6.09. The minimum atomic E-state index is 0.134. The van der Waals surface area contributed by atoms with Gasteiger partial charge in [-0.25, -0.2) is 0 Å². The molecule has 1 saturated carbocycles. The van der Waals surface area contributed by atoms with E-state index in [1.807, 2.05) is 31.3 Å². The van der Waals surface area contributed by atoms with E-state index in [0.29, 0.717) is 0 Å². The number of hydrogen-bond donors (Lipinski definition) is 0. The van der Waals surface area contributed by atoms with Crippen LogP contribution >= 0.6 is 0 Å². The second-order valence-electron chi connectivity index (χ2n) is 3.86. The Kier molecular flexibility index (Phi) is 1.38. The molecule has 0 unspecified atom stereocenters. The molecule has 1 aromatic carbocycles. The molecule has 0 radical (unpaired) electrons. The predicted molar refractivity (Wildman–Crippen MR) is 54.7 cm³/mol. The summed E-state index contributed by atoms with van der Waals surface area (Å²) in [6.45, 7) is 0. The van der Waals surface area contributed by atoms with E-state index in [0.717, 1.165) is 29.7 Å². The highest BCUT2D eigenvalue weighted by Gasteiger charge is 2.33. The van der Waals surface area contributed by atoms with Gasteiger partial charge >= 0.3 is 0 Å². The van der Waals surface area contributed by atoms with Crippen molar-refractivity contribution in [1.82, 2.24) is 4.90 Å². The molecule has 3 rings (SSSR count). The smallest absolute Gasteiger partial charge is 0.258 e. The van der Waals surface area contributed by atoms with Gasteiger partial charge in [0.15, 0.2) is 0 Å². The van der Waals surface area contributed by atoms with Gasteiger partial charge in [-0.15, -0.1) is 0 Å². The van der Waals surface area contributed by atoms with Crippen LogP contribution in [0.15, 0.2) is 29.8 Å². The Morgan fingerprint density at radius 2 is 1.79 bits per heavy atom. The summed E-state index contributed by atoms with van der Waals surface area (Å²) in [6.07, 6.45) is 2.31. The fraction of sp³-hybridized carbons (Fsp3) is 0.250. The van der Waals surface area contributed by atoms with Gasteiger partial charge in [-0.05, 0) is 24.5 Å². The molecule has 1 heterocycles. The monoisotopic (exact) mass is 185 g/mol. The number of amides is 1. The zero-order valence-corrected chi connectivity index (χ0v) is 8.08. The summed E-state index contributed by atoms with van der Waals surface area (Å²) < 4.78 is 0. The summed E-state index contributed by atoms with van der Waals surface area (Å²) in [5, 5.41) is 0. The molecule has 1 amide bonds. The highest BCUT2D eigenvalue weighted by atomic mass is 16.2. The average Bonchev–Trinajstić information content (AvgIpc) is 2.99. The standard InChI is InChI=1S/C12H11NO/c1-13-11(8-6-7-8)9-4-2-3-5-10(9)12(13)14/h2-5H,6-7H2,1H3. The first kappa shape index (κ1) is 7.80. The van der Waals surface area contributed by atoms with Gasteiger partial charge in [-0.3, -0.25) is 4.79 Å². The number of rotatable bonds is 0. The number of allylic oxidation sites excluding steroid dienone is 1. The topological polar surface area (TPSA) is 20.3 Å². The van der Waals surface area contributed by atoms with Crippen LogP contribution in [0.25, 0.3) is 5.70 Å². The lowest BCUT2D eigenvalue weighted by molar-refractivity contribution is 0.0874. The molecule has 1 fully saturated rings. The van der Waals surface area contributed by atoms with Crippen LogP contribution in [0.1, 0.15) is 28.8 Å². The van der Waals surface area contributed by atoms with E-state index >= 15 is 0 Å². The lowest BCUT2D eigenvalue weighted by Gasteiger charge is -2.10. The van der Waals surface area contributed by atoms with Crippen LogP contribution in [0.4, 0.5) is 0 Å². The van der Waals surface area contributed by atoms with Gasteiger partial charge in [0.05, 0.1) is 5.70 Å². The van der Waals surface area contributed by atoms with Crippen LogP contribution in [0.5, 0.6) is 0 Å². The Bertz CT molecular complexity index is 453. The number of benzene rings is 1. The summed E-state index contributed by atoms with van der Waals surface area (Å²) >= 11 is 0. The summed E-state index contributed by atoms with van der Waals surface area (Å²) in [5.41, 5.74) is 4.55. The van der Waals surface area contributed by atoms with Gasteiger partial charge in [0.25, 0.3) is 5.91 Å². The molecule has 0 N–H and O–H groups in total. The molecule has 0 bridgehead atoms. The summed E-state index contributed by atoms with van der Waals surface area (Å²) in [7, 11) is 1.86. The van der Waals surface area contributed by atoms with Crippen LogP contribution in [0.3, 0.4) is 0 Å². The molecule has 2 nitrogen and oxygen atoms in total. The minimum Gasteiger partial charge on any atom is -0.311 e. The second kappa shape index (κ2) is 2.47. The first-order valence-electron chi connectivity index (χ1n) is 4.88. The Balaban J connectivity index is 2.28. The van der Waals surface area contributed by atoms with Crippen molar-refractivity contribution in [3.05, 3.63) is 41.0 Å². The number of carbonyl (C=O) groups is 1. The lowest BCUT2D eigenvalue weighted by Crippen LogP contribution is -2.17. The van der Waals surface area contributed by atoms with Gasteiger partial charge in [-0.1, -0.05) is 18.2 Å². The number of hydrogen-bond acceptors (Lipinski definition) is 1. The van der Waals surface area contributed by atoms with Gasteiger partial charge in [0, 0.05) is 18.2 Å². The normalized spacial score (nSPS) is 18.9. The SMILES string of the molecule is CN1C(=O)c2ccccc2C1=C1CC1. The highest BCUT2D eigenvalue weighted by Crippen LogP contribution is 2.42. The molecule has 0 saturated heterocycles. The Morgan fingerprint density at radius 3 is 2.43 bits per heavy atom. The third-order valence-electron chi connectivity index (χ3n) is 2.89. The molecular formula is C12H11NO. The van der Waals surface area contributed by atoms with Crippen LogP contribution in [0.2, 0.25) is 0 Å². The van der Waals surface area contributed by atoms with Crippen LogP contribution < -0.4 is 0 Å². The Morgan fingerprint density at radius 1 is 1.14 bits per heavy atom. The predicted octanol–water partition coefficient (Wildman–Crippen LogP) is 2.28. The van der Waals surface area contributed by atoms with E-state index < -0.39 is 0 Å². The lowest BCUT2D eigenvalue weighted by atomic mass is 10.1. The minimum absolute atomic E-state index is 0.134. The maximum Gasteiger partial charge on any atom is 0.258 e. The van der Waals surface area contributed by atoms with Gasteiger partial charge in [-0.2, -0.15) is 0 Å². The molecule has 0 aromatic heterocycles. The molecule has 0 spiro atoms. The first-order valence-corrected chi connectivity index (χ1v) is 4.88. The van der Waals surface area contributed by atoms with Crippen molar-refractivity contribution in [1.29, 1.82) is 0 Å². The van der Waals surface area contributed by atoms with Crippen molar-refractivity contribution in [3.8, 4) is 0 Å². The van der Waals surface area contributed by atoms with Crippen molar-refractivity contribution in [2.24, 2.45) is 0 Å². The van der Waals surface area contributed by atoms with Crippen molar-refractivity contribution in [3.63, 3.8) is 0 Å². The average molecular weight is 185 g/mol.